The Labute approximate surface area is 149 Å². The van der Waals surface area contributed by atoms with Crippen molar-refractivity contribution in [1.29, 1.82) is 0 Å². The van der Waals surface area contributed by atoms with Gasteiger partial charge >= 0.3 is 5.97 Å². The SMILES string of the molecule is CCOC(=O)c1cc(C(=O)N2CCOc3ccccc32)cc([N+](=O)[O-])c1. The largest absolute Gasteiger partial charge is 0.490 e. The number of nitro benzene ring substituents is 1. The minimum atomic E-state index is -0.715. The molecule has 1 aliphatic rings. The highest BCUT2D eigenvalue weighted by molar-refractivity contribution is 6.08. The molecular formula is C18H16N2O6. The number of nitrogens with zero attached hydrogens (tertiary/aromatic N) is 2. The maximum atomic E-state index is 13.0. The second kappa shape index (κ2) is 7.22. The number of ether oxygens (including phenoxy) is 2. The van der Waals surface area contributed by atoms with Gasteiger partial charge in [-0.15, -0.1) is 0 Å². The van der Waals surface area contributed by atoms with Crippen molar-refractivity contribution in [2.45, 2.75) is 6.92 Å². The summed E-state index contributed by atoms with van der Waals surface area (Å²) in [5, 5.41) is 11.2. The van der Waals surface area contributed by atoms with E-state index in [1.807, 2.05) is 0 Å². The molecule has 3 rings (SSSR count). The summed E-state index contributed by atoms with van der Waals surface area (Å²) in [4.78, 5) is 37.0. The molecular weight excluding hydrogens is 340 g/mol. The van der Waals surface area contributed by atoms with Crippen molar-refractivity contribution in [3.8, 4) is 5.75 Å². The predicted molar refractivity (Wildman–Crippen MR) is 92.7 cm³/mol. The molecule has 26 heavy (non-hydrogen) atoms. The molecule has 0 aromatic heterocycles. The normalized spacial score (nSPS) is 12.7. The molecule has 0 N–H and O–H groups in total. The summed E-state index contributed by atoms with van der Waals surface area (Å²) in [5.74, 6) is -0.606. The smallest absolute Gasteiger partial charge is 0.338 e. The van der Waals surface area contributed by atoms with Gasteiger partial charge in [0.1, 0.15) is 12.4 Å². The molecule has 2 aromatic carbocycles. The molecule has 1 heterocycles. The van der Waals surface area contributed by atoms with Crippen LogP contribution in [0.4, 0.5) is 11.4 Å². The zero-order valence-electron chi connectivity index (χ0n) is 14.0. The molecule has 0 radical (unpaired) electrons. The second-order valence-electron chi connectivity index (χ2n) is 5.52. The molecule has 2 aromatic rings. The molecule has 8 nitrogen and oxygen atoms in total. The Morgan fingerprint density at radius 1 is 1.23 bits per heavy atom. The van der Waals surface area contributed by atoms with E-state index >= 15 is 0 Å². The van der Waals surface area contributed by atoms with Crippen molar-refractivity contribution in [3.05, 3.63) is 63.7 Å². The van der Waals surface area contributed by atoms with E-state index in [9.17, 15) is 19.7 Å². The van der Waals surface area contributed by atoms with E-state index in [1.165, 1.54) is 11.0 Å². The molecule has 8 heteroatoms. The first kappa shape index (κ1) is 17.4. The Morgan fingerprint density at radius 2 is 1.96 bits per heavy atom. The van der Waals surface area contributed by atoms with Gasteiger partial charge in [0.2, 0.25) is 0 Å². The van der Waals surface area contributed by atoms with E-state index in [2.05, 4.69) is 0 Å². The maximum Gasteiger partial charge on any atom is 0.338 e. The summed E-state index contributed by atoms with van der Waals surface area (Å²) in [6.45, 7) is 2.36. The molecule has 0 fully saturated rings. The number of benzene rings is 2. The first-order valence-corrected chi connectivity index (χ1v) is 8.01. The van der Waals surface area contributed by atoms with Gasteiger partial charge < -0.3 is 14.4 Å². The second-order valence-corrected chi connectivity index (χ2v) is 5.52. The monoisotopic (exact) mass is 356 g/mol. The van der Waals surface area contributed by atoms with Crippen LogP contribution in [0.3, 0.4) is 0 Å². The van der Waals surface area contributed by atoms with Crippen molar-refractivity contribution >= 4 is 23.3 Å². The van der Waals surface area contributed by atoms with Crippen LogP contribution in [0.5, 0.6) is 5.75 Å². The van der Waals surface area contributed by atoms with E-state index in [4.69, 9.17) is 9.47 Å². The van der Waals surface area contributed by atoms with Gasteiger partial charge in [-0.05, 0) is 25.1 Å². The Balaban J connectivity index is 2.02. The molecule has 0 saturated carbocycles. The average molecular weight is 356 g/mol. The number of nitro groups is 1. The maximum absolute atomic E-state index is 13.0. The first-order valence-electron chi connectivity index (χ1n) is 8.01. The van der Waals surface area contributed by atoms with Crippen molar-refractivity contribution in [2.24, 2.45) is 0 Å². The van der Waals surface area contributed by atoms with Gasteiger partial charge in [-0.3, -0.25) is 14.9 Å². The van der Waals surface area contributed by atoms with Gasteiger partial charge in [-0.2, -0.15) is 0 Å². The third-order valence-electron chi connectivity index (χ3n) is 3.86. The van der Waals surface area contributed by atoms with Crippen molar-refractivity contribution in [3.63, 3.8) is 0 Å². The van der Waals surface area contributed by atoms with Crippen LogP contribution in [-0.4, -0.2) is 36.6 Å². The molecule has 1 amide bonds. The van der Waals surface area contributed by atoms with E-state index in [1.54, 1.807) is 31.2 Å². The Hall–Kier alpha value is -3.42. The van der Waals surface area contributed by atoms with Crippen LogP contribution in [0.2, 0.25) is 0 Å². The standard InChI is InChI=1S/C18H16N2O6/c1-2-25-18(22)13-9-12(10-14(11-13)20(23)24)17(21)19-7-8-26-16-6-4-3-5-15(16)19/h3-6,9-11H,2,7-8H2,1H3. The summed E-state index contributed by atoms with van der Waals surface area (Å²) in [5.41, 5.74) is 0.235. The van der Waals surface area contributed by atoms with E-state index in [0.717, 1.165) is 12.1 Å². The molecule has 0 atom stereocenters. The molecule has 0 aliphatic carbocycles. The van der Waals surface area contributed by atoms with E-state index in [-0.39, 0.29) is 23.4 Å². The highest BCUT2D eigenvalue weighted by Crippen LogP contribution is 2.32. The highest BCUT2D eigenvalue weighted by atomic mass is 16.6. The Morgan fingerprint density at radius 3 is 2.69 bits per heavy atom. The third kappa shape index (κ3) is 3.34. The molecule has 0 saturated heterocycles. The number of esters is 1. The molecule has 134 valence electrons. The topological polar surface area (TPSA) is 99.0 Å². The number of rotatable bonds is 4. The fourth-order valence-corrected chi connectivity index (χ4v) is 2.71. The fourth-order valence-electron chi connectivity index (χ4n) is 2.71. The molecule has 1 aliphatic heterocycles. The number of non-ortho nitro benzene ring substituents is 1. The van der Waals surface area contributed by atoms with Crippen molar-refractivity contribution in [1.82, 2.24) is 0 Å². The Bertz CT molecular complexity index is 880. The van der Waals surface area contributed by atoms with Crippen LogP contribution < -0.4 is 9.64 Å². The lowest BCUT2D eigenvalue weighted by atomic mass is 10.1. The summed E-state index contributed by atoms with van der Waals surface area (Å²) >= 11 is 0. The van der Waals surface area contributed by atoms with Crippen LogP contribution in [0, 0.1) is 10.1 Å². The van der Waals surface area contributed by atoms with Crippen LogP contribution in [-0.2, 0) is 4.74 Å². The fraction of sp³-hybridized carbons (Fsp3) is 0.222. The molecule has 0 unspecified atom stereocenters. The number of carbonyl (C=O) groups excluding carboxylic acids is 2. The van der Waals surface area contributed by atoms with Crippen LogP contribution >= 0.6 is 0 Å². The van der Waals surface area contributed by atoms with Crippen molar-refractivity contribution < 1.29 is 24.0 Å². The Kier molecular flexibility index (Phi) is 4.83. The van der Waals surface area contributed by atoms with Crippen LogP contribution in [0.1, 0.15) is 27.6 Å². The predicted octanol–water partition coefficient (Wildman–Crippen LogP) is 2.81. The lowest BCUT2D eigenvalue weighted by Gasteiger charge is -2.29. The number of para-hydroxylation sites is 2. The zero-order valence-corrected chi connectivity index (χ0v) is 14.0. The van der Waals surface area contributed by atoms with Gasteiger partial charge in [-0.25, -0.2) is 4.79 Å². The zero-order chi connectivity index (χ0) is 18.7. The quantitative estimate of drug-likeness (QED) is 0.474. The van der Waals surface area contributed by atoms with Gasteiger partial charge in [0.05, 0.1) is 29.3 Å². The summed E-state index contributed by atoms with van der Waals surface area (Å²) in [6, 6.07) is 10.6. The van der Waals surface area contributed by atoms with Gasteiger partial charge in [0, 0.05) is 17.7 Å². The molecule has 0 bridgehead atoms. The lowest BCUT2D eigenvalue weighted by Crippen LogP contribution is -2.38. The van der Waals surface area contributed by atoms with Crippen LogP contribution in [0.15, 0.2) is 42.5 Å². The van der Waals surface area contributed by atoms with E-state index in [0.29, 0.717) is 24.6 Å². The first-order chi connectivity index (χ1) is 12.5. The van der Waals surface area contributed by atoms with Crippen LogP contribution in [0.25, 0.3) is 0 Å². The number of hydrogen-bond donors (Lipinski definition) is 0. The third-order valence-corrected chi connectivity index (χ3v) is 3.86. The highest BCUT2D eigenvalue weighted by Gasteiger charge is 2.27. The summed E-state index contributed by atoms with van der Waals surface area (Å²) in [7, 11) is 0. The minimum Gasteiger partial charge on any atom is -0.490 e. The number of anilines is 1. The van der Waals surface area contributed by atoms with Crippen molar-refractivity contribution in [2.75, 3.05) is 24.7 Å². The number of fused-ring (bicyclic) bond motifs is 1. The van der Waals surface area contributed by atoms with E-state index < -0.39 is 16.8 Å². The number of carbonyl (C=O) groups is 2. The molecule has 0 spiro atoms. The minimum absolute atomic E-state index is 0.0362. The van der Waals surface area contributed by atoms with Gasteiger partial charge in [-0.1, -0.05) is 12.1 Å². The van der Waals surface area contributed by atoms with Gasteiger partial charge in [0.15, 0.2) is 0 Å². The lowest BCUT2D eigenvalue weighted by molar-refractivity contribution is -0.384. The number of hydrogen-bond acceptors (Lipinski definition) is 6. The summed E-state index contributed by atoms with van der Waals surface area (Å²) in [6.07, 6.45) is 0. The van der Waals surface area contributed by atoms with Gasteiger partial charge in [0.25, 0.3) is 11.6 Å². The average Bonchev–Trinajstić information content (AvgIpc) is 2.66. The number of amides is 1. The summed E-state index contributed by atoms with van der Waals surface area (Å²) < 4.78 is 10.4.